The van der Waals surface area contributed by atoms with Crippen LogP contribution in [0.1, 0.15) is 47.1 Å². The summed E-state index contributed by atoms with van der Waals surface area (Å²) in [4.78, 5) is 12.5. The van der Waals surface area contributed by atoms with Crippen LogP contribution >= 0.6 is 0 Å². The normalized spacial score (nSPS) is 13.2. The lowest BCUT2D eigenvalue weighted by Crippen LogP contribution is -2.15. The molecular formula is C20H22N4O3. The van der Waals surface area contributed by atoms with Gasteiger partial charge in [0.05, 0.1) is 25.0 Å². The van der Waals surface area contributed by atoms with Crippen molar-refractivity contribution in [2.45, 2.75) is 39.2 Å². The summed E-state index contributed by atoms with van der Waals surface area (Å²) in [7, 11) is 0. The summed E-state index contributed by atoms with van der Waals surface area (Å²) in [6.07, 6.45) is 7.30. The van der Waals surface area contributed by atoms with Crippen LogP contribution in [0.15, 0.2) is 41.2 Å². The zero-order valence-electron chi connectivity index (χ0n) is 15.3. The van der Waals surface area contributed by atoms with Crippen molar-refractivity contribution in [1.29, 1.82) is 0 Å². The second-order valence-corrected chi connectivity index (χ2v) is 6.60. The molecule has 1 N–H and O–H groups in total. The zero-order valence-corrected chi connectivity index (χ0v) is 15.3. The highest BCUT2D eigenvalue weighted by Crippen LogP contribution is 2.24. The molecule has 0 radical (unpaired) electrons. The Morgan fingerprint density at radius 2 is 2.07 bits per heavy atom. The van der Waals surface area contributed by atoms with Gasteiger partial charge in [0.25, 0.3) is 5.91 Å². The van der Waals surface area contributed by atoms with Gasteiger partial charge in [-0.05, 0) is 43.9 Å². The molecule has 0 unspecified atom stereocenters. The van der Waals surface area contributed by atoms with Crippen LogP contribution in [0.2, 0.25) is 0 Å². The van der Waals surface area contributed by atoms with Crippen molar-refractivity contribution in [3.63, 3.8) is 0 Å². The number of amides is 1. The molecule has 0 spiro atoms. The number of hydrogen-bond acceptors (Lipinski definition) is 5. The van der Waals surface area contributed by atoms with Gasteiger partial charge >= 0.3 is 0 Å². The van der Waals surface area contributed by atoms with Crippen molar-refractivity contribution in [2.24, 2.45) is 0 Å². The third-order valence-electron chi connectivity index (χ3n) is 4.64. The number of nitrogens with one attached hydrogen (secondary N) is 1. The molecule has 2 aromatic heterocycles. The van der Waals surface area contributed by atoms with Crippen molar-refractivity contribution in [2.75, 3.05) is 11.9 Å². The summed E-state index contributed by atoms with van der Waals surface area (Å²) in [5, 5.41) is 11.1. The predicted molar refractivity (Wildman–Crippen MR) is 100 cm³/mol. The van der Waals surface area contributed by atoms with Gasteiger partial charge in [-0.25, -0.2) is 0 Å². The minimum atomic E-state index is -0.248. The number of aryl methyl sites for hydroxylation is 1. The average molecular weight is 366 g/mol. The Hall–Kier alpha value is -3.09. The minimum Gasteiger partial charge on any atom is -0.494 e. The first kappa shape index (κ1) is 17.3. The largest absolute Gasteiger partial charge is 0.494 e. The van der Waals surface area contributed by atoms with E-state index in [2.05, 4.69) is 15.6 Å². The molecule has 140 valence electrons. The fraction of sp³-hybridized carbons (Fsp3) is 0.350. The molecule has 1 aliphatic rings. The Labute approximate surface area is 157 Å². The highest BCUT2D eigenvalue weighted by atomic mass is 16.5. The van der Waals surface area contributed by atoms with Gasteiger partial charge in [0.15, 0.2) is 5.69 Å². The number of rotatable bonds is 6. The number of fused-ring (bicyclic) bond motifs is 1. The minimum absolute atomic E-state index is 0.248. The molecule has 27 heavy (non-hydrogen) atoms. The summed E-state index contributed by atoms with van der Waals surface area (Å²) in [5.41, 5.74) is 3.08. The molecule has 7 heteroatoms. The molecule has 1 aliphatic carbocycles. The topological polar surface area (TPSA) is 82.2 Å². The first-order chi connectivity index (χ1) is 13.2. The number of ether oxygens (including phenoxy) is 1. The Kier molecular flexibility index (Phi) is 4.91. The van der Waals surface area contributed by atoms with Crippen LogP contribution in [0.4, 0.5) is 5.69 Å². The standard InChI is InChI=1S/C20H22N4O3/c1-2-26-16-9-7-14(8-10-16)12-24-13-15(11-21-24)22-20(25)19-17-5-3-4-6-18(17)27-23-19/h7-11,13H,2-6,12H2,1H3,(H,22,25). The van der Waals surface area contributed by atoms with Crippen LogP contribution < -0.4 is 10.1 Å². The van der Waals surface area contributed by atoms with Gasteiger partial charge in [0.2, 0.25) is 0 Å². The summed E-state index contributed by atoms with van der Waals surface area (Å²) in [6, 6.07) is 7.90. The van der Waals surface area contributed by atoms with Gasteiger partial charge in [-0.3, -0.25) is 9.48 Å². The Bertz CT molecular complexity index is 927. The van der Waals surface area contributed by atoms with Crippen LogP contribution in [-0.2, 0) is 19.4 Å². The molecule has 0 saturated heterocycles. The first-order valence-electron chi connectivity index (χ1n) is 9.26. The molecule has 1 amide bonds. The van der Waals surface area contributed by atoms with E-state index >= 15 is 0 Å². The number of carbonyl (C=O) groups is 1. The fourth-order valence-electron chi connectivity index (χ4n) is 3.31. The maximum atomic E-state index is 12.5. The molecule has 7 nitrogen and oxygen atoms in total. The third-order valence-corrected chi connectivity index (χ3v) is 4.64. The average Bonchev–Trinajstić information content (AvgIpc) is 3.30. The van der Waals surface area contributed by atoms with Crippen LogP contribution in [0, 0.1) is 0 Å². The summed E-state index contributed by atoms with van der Waals surface area (Å²) >= 11 is 0. The SMILES string of the molecule is CCOc1ccc(Cn2cc(NC(=O)c3noc4c3CCCC4)cn2)cc1. The summed E-state index contributed by atoms with van der Waals surface area (Å²) in [6.45, 7) is 3.22. The second-order valence-electron chi connectivity index (χ2n) is 6.60. The molecule has 2 heterocycles. The van der Waals surface area contributed by atoms with Gasteiger partial charge in [-0.2, -0.15) is 5.10 Å². The molecule has 0 saturated carbocycles. The van der Waals surface area contributed by atoms with E-state index in [0.717, 1.165) is 48.3 Å². The third kappa shape index (κ3) is 3.86. The van der Waals surface area contributed by atoms with E-state index in [9.17, 15) is 4.79 Å². The van der Waals surface area contributed by atoms with E-state index in [4.69, 9.17) is 9.26 Å². The Morgan fingerprint density at radius 1 is 1.26 bits per heavy atom. The van der Waals surface area contributed by atoms with Gasteiger partial charge in [0, 0.05) is 18.2 Å². The second kappa shape index (κ2) is 7.65. The quantitative estimate of drug-likeness (QED) is 0.722. The van der Waals surface area contributed by atoms with Crippen molar-refractivity contribution in [3.05, 3.63) is 59.2 Å². The lowest BCUT2D eigenvalue weighted by atomic mass is 9.96. The van der Waals surface area contributed by atoms with E-state index < -0.39 is 0 Å². The van der Waals surface area contributed by atoms with E-state index in [1.807, 2.05) is 31.2 Å². The molecule has 0 aliphatic heterocycles. The van der Waals surface area contributed by atoms with E-state index in [0.29, 0.717) is 24.5 Å². The molecular weight excluding hydrogens is 344 g/mol. The number of benzene rings is 1. The van der Waals surface area contributed by atoms with E-state index in [1.54, 1.807) is 17.1 Å². The van der Waals surface area contributed by atoms with Gasteiger partial charge in [-0.1, -0.05) is 17.3 Å². The molecule has 0 bridgehead atoms. The maximum absolute atomic E-state index is 12.5. The number of hydrogen-bond donors (Lipinski definition) is 1. The van der Waals surface area contributed by atoms with Gasteiger partial charge in [-0.15, -0.1) is 0 Å². The van der Waals surface area contributed by atoms with Crippen molar-refractivity contribution in [3.8, 4) is 5.75 Å². The molecule has 4 rings (SSSR count). The Balaban J connectivity index is 1.40. The lowest BCUT2D eigenvalue weighted by Gasteiger charge is -2.08. The van der Waals surface area contributed by atoms with Crippen molar-refractivity contribution in [1.82, 2.24) is 14.9 Å². The highest BCUT2D eigenvalue weighted by molar-refractivity contribution is 6.03. The van der Waals surface area contributed by atoms with Crippen LogP contribution in [-0.4, -0.2) is 27.5 Å². The number of nitrogens with zero attached hydrogens (tertiary/aromatic N) is 3. The predicted octanol–water partition coefficient (Wildman–Crippen LogP) is 3.45. The van der Waals surface area contributed by atoms with E-state index in [1.165, 1.54) is 0 Å². The Morgan fingerprint density at radius 3 is 2.89 bits per heavy atom. The van der Waals surface area contributed by atoms with Crippen LogP contribution in [0.5, 0.6) is 5.75 Å². The lowest BCUT2D eigenvalue weighted by molar-refractivity contribution is 0.101. The smallest absolute Gasteiger partial charge is 0.278 e. The van der Waals surface area contributed by atoms with Crippen molar-refractivity contribution >= 4 is 11.6 Å². The molecule has 0 atom stereocenters. The van der Waals surface area contributed by atoms with Gasteiger partial charge in [0.1, 0.15) is 11.5 Å². The number of anilines is 1. The number of aromatic nitrogens is 3. The first-order valence-corrected chi connectivity index (χ1v) is 9.26. The zero-order chi connectivity index (χ0) is 18.6. The fourth-order valence-corrected chi connectivity index (χ4v) is 3.31. The monoisotopic (exact) mass is 366 g/mol. The van der Waals surface area contributed by atoms with Crippen molar-refractivity contribution < 1.29 is 14.1 Å². The van der Waals surface area contributed by atoms with Crippen LogP contribution in [0.25, 0.3) is 0 Å². The molecule has 1 aromatic carbocycles. The van der Waals surface area contributed by atoms with Gasteiger partial charge < -0.3 is 14.6 Å². The highest BCUT2D eigenvalue weighted by Gasteiger charge is 2.24. The van der Waals surface area contributed by atoms with Crippen LogP contribution in [0.3, 0.4) is 0 Å². The number of carbonyl (C=O) groups excluding carboxylic acids is 1. The summed E-state index contributed by atoms with van der Waals surface area (Å²) in [5.74, 6) is 1.45. The molecule has 0 fully saturated rings. The molecule has 3 aromatic rings. The summed E-state index contributed by atoms with van der Waals surface area (Å²) < 4.78 is 12.5. The maximum Gasteiger partial charge on any atom is 0.278 e. The van der Waals surface area contributed by atoms with E-state index in [-0.39, 0.29) is 5.91 Å².